The maximum Gasteiger partial charge on any atom is 0.230 e. The minimum atomic E-state index is 0.0686. The fourth-order valence-corrected chi connectivity index (χ4v) is 2.91. The van der Waals surface area contributed by atoms with Crippen LogP contribution in [-0.2, 0) is 11.3 Å². The van der Waals surface area contributed by atoms with Gasteiger partial charge in [0.1, 0.15) is 0 Å². The van der Waals surface area contributed by atoms with Crippen molar-refractivity contribution in [2.45, 2.75) is 44.9 Å². The lowest BCUT2D eigenvalue weighted by molar-refractivity contribution is -0.119. The molecule has 0 fully saturated rings. The molecular formula is C15H21N3OS. The normalized spacial score (nSPS) is 12.6. The summed E-state index contributed by atoms with van der Waals surface area (Å²) in [5.74, 6) is 0.479. The minimum absolute atomic E-state index is 0.0686. The Morgan fingerprint density at radius 1 is 1.40 bits per heavy atom. The van der Waals surface area contributed by atoms with Gasteiger partial charge in [0.15, 0.2) is 5.16 Å². The average molecular weight is 291 g/mol. The number of imidazole rings is 1. The third kappa shape index (κ3) is 3.33. The van der Waals surface area contributed by atoms with Crippen LogP contribution in [0.5, 0.6) is 0 Å². The van der Waals surface area contributed by atoms with Gasteiger partial charge in [0.2, 0.25) is 5.91 Å². The van der Waals surface area contributed by atoms with Gasteiger partial charge in [0.25, 0.3) is 0 Å². The third-order valence-corrected chi connectivity index (χ3v) is 4.26. The largest absolute Gasteiger partial charge is 0.353 e. The number of nitrogens with one attached hydrogen (secondary N) is 1. The molecule has 0 unspecified atom stereocenters. The fourth-order valence-electron chi connectivity index (χ4n) is 2.02. The number of benzene rings is 1. The molecule has 0 saturated heterocycles. The maximum absolute atomic E-state index is 11.8. The highest BCUT2D eigenvalue weighted by Gasteiger charge is 2.12. The van der Waals surface area contributed by atoms with Crippen LogP contribution in [0.3, 0.4) is 0 Å². The van der Waals surface area contributed by atoms with Crippen molar-refractivity contribution in [3.8, 4) is 0 Å². The summed E-state index contributed by atoms with van der Waals surface area (Å²) in [5, 5.41) is 3.88. The number of hydrogen-bond acceptors (Lipinski definition) is 3. The molecule has 1 heterocycles. The van der Waals surface area contributed by atoms with E-state index >= 15 is 0 Å². The Morgan fingerprint density at radius 3 is 2.85 bits per heavy atom. The van der Waals surface area contributed by atoms with Crippen molar-refractivity contribution in [2.24, 2.45) is 0 Å². The SMILES string of the molecule is CC[C@H](C)NC(=O)CSc1nc2ccccc2n1CC. The molecule has 0 aliphatic carbocycles. The summed E-state index contributed by atoms with van der Waals surface area (Å²) in [4.78, 5) is 16.4. The zero-order valence-electron chi connectivity index (χ0n) is 12.2. The Morgan fingerprint density at radius 2 is 2.15 bits per heavy atom. The van der Waals surface area contributed by atoms with Crippen molar-refractivity contribution >= 4 is 28.7 Å². The standard InChI is InChI=1S/C15H21N3OS/c1-4-11(3)16-14(19)10-20-15-17-12-8-6-7-9-13(12)18(15)5-2/h6-9,11H,4-5,10H2,1-3H3,(H,16,19)/t11-/m0/s1. The number of hydrogen-bond donors (Lipinski definition) is 1. The van der Waals surface area contributed by atoms with E-state index in [-0.39, 0.29) is 11.9 Å². The van der Waals surface area contributed by atoms with E-state index in [9.17, 15) is 4.79 Å². The van der Waals surface area contributed by atoms with Crippen molar-refractivity contribution in [1.82, 2.24) is 14.9 Å². The summed E-state index contributed by atoms with van der Waals surface area (Å²) in [5.41, 5.74) is 2.11. The van der Waals surface area contributed by atoms with Gasteiger partial charge in [-0.3, -0.25) is 4.79 Å². The smallest absolute Gasteiger partial charge is 0.230 e. The van der Waals surface area contributed by atoms with E-state index in [0.717, 1.165) is 29.2 Å². The number of carbonyl (C=O) groups is 1. The monoisotopic (exact) mass is 291 g/mol. The van der Waals surface area contributed by atoms with Gasteiger partial charge in [-0.15, -0.1) is 0 Å². The molecular weight excluding hydrogens is 270 g/mol. The van der Waals surface area contributed by atoms with E-state index in [4.69, 9.17) is 0 Å². The second-order valence-electron chi connectivity index (χ2n) is 4.79. The molecule has 0 spiro atoms. The van der Waals surface area contributed by atoms with E-state index in [1.165, 1.54) is 11.8 Å². The molecule has 0 aliphatic heterocycles. The molecule has 1 atom stereocenters. The van der Waals surface area contributed by atoms with E-state index < -0.39 is 0 Å². The van der Waals surface area contributed by atoms with Crippen molar-refractivity contribution in [1.29, 1.82) is 0 Å². The predicted octanol–water partition coefficient (Wildman–Crippen LogP) is 3.06. The third-order valence-electron chi connectivity index (χ3n) is 3.29. The van der Waals surface area contributed by atoms with Crippen LogP contribution < -0.4 is 5.32 Å². The van der Waals surface area contributed by atoms with Crippen LogP contribution in [-0.4, -0.2) is 27.3 Å². The molecule has 108 valence electrons. The number of rotatable bonds is 6. The molecule has 1 aromatic heterocycles. The van der Waals surface area contributed by atoms with Crippen molar-refractivity contribution in [2.75, 3.05) is 5.75 Å². The van der Waals surface area contributed by atoms with Gasteiger partial charge in [-0.2, -0.15) is 0 Å². The van der Waals surface area contributed by atoms with Crippen LogP contribution in [0.4, 0.5) is 0 Å². The summed E-state index contributed by atoms with van der Waals surface area (Å²) in [6.45, 7) is 7.03. The van der Waals surface area contributed by atoms with Crippen LogP contribution in [0.15, 0.2) is 29.4 Å². The van der Waals surface area contributed by atoms with Gasteiger partial charge < -0.3 is 9.88 Å². The van der Waals surface area contributed by atoms with Crippen molar-refractivity contribution in [3.05, 3.63) is 24.3 Å². The van der Waals surface area contributed by atoms with E-state index in [1.54, 1.807) is 0 Å². The van der Waals surface area contributed by atoms with E-state index in [1.807, 2.05) is 25.1 Å². The molecule has 4 nitrogen and oxygen atoms in total. The van der Waals surface area contributed by atoms with Gasteiger partial charge in [0, 0.05) is 12.6 Å². The van der Waals surface area contributed by atoms with E-state index in [2.05, 4.69) is 34.8 Å². The first-order valence-corrected chi connectivity index (χ1v) is 8.01. The van der Waals surface area contributed by atoms with Crippen molar-refractivity contribution in [3.63, 3.8) is 0 Å². The highest BCUT2D eigenvalue weighted by atomic mass is 32.2. The molecule has 0 radical (unpaired) electrons. The van der Waals surface area contributed by atoms with Crippen LogP contribution in [0.2, 0.25) is 0 Å². The van der Waals surface area contributed by atoms with Crippen LogP contribution in [0.25, 0.3) is 11.0 Å². The number of thioether (sulfide) groups is 1. The number of aryl methyl sites for hydroxylation is 1. The second kappa shape index (κ2) is 6.79. The van der Waals surface area contributed by atoms with E-state index in [0.29, 0.717) is 5.75 Å². The molecule has 2 rings (SSSR count). The first-order chi connectivity index (χ1) is 9.65. The number of carbonyl (C=O) groups excluding carboxylic acids is 1. The summed E-state index contributed by atoms with van der Waals surface area (Å²) in [6.07, 6.45) is 0.948. The lowest BCUT2D eigenvalue weighted by Crippen LogP contribution is -2.33. The first-order valence-electron chi connectivity index (χ1n) is 7.03. The molecule has 5 heteroatoms. The zero-order valence-corrected chi connectivity index (χ0v) is 13.0. The molecule has 1 aromatic carbocycles. The average Bonchev–Trinajstić information content (AvgIpc) is 2.82. The topological polar surface area (TPSA) is 46.9 Å². The molecule has 0 saturated carbocycles. The van der Waals surface area contributed by atoms with Crippen LogP contribution >= 0.6 is 11.8 Å². The minimum Gasteiger partial charge on any atom is -0.353 e. The van der Waals surface area contributed by atoms with Crippen LogP contribution in [0, 0.1) is 0 Å². The first kappa shape index (κ1) is 14.9. The summed E-state index contributed by atoms with van der Waals surface area (Å²) in [6, 6.07) is 8.30. The maximum atomic E-state index is 11.8. The number of nitrogens with zero attached hydrogens (tertiary/aromatic N) is 2. The Kier molecular flexibility index (Phi) is 5.06. The number of amides is 1. The quantitative estimate of drug-likeness (QED) is 0.832. The van der Waals surface area contributed by atoms with Gasteiger partial charge in [-0.1, -0.05) is 30.8 Å². The number of fused-ring (bicyclic) bond motifs is 1. The molecule has 0 bridgehead atoms. The Labute approximate surface area is 124 Å². The zero-order chi connectivity index (χ0) is 14.5. The molecule has 0 aliphatic rings. The molecule has 1 N–H and O–H groups in total. The summed E-state index contributed by atoms with van der Waals surface area (Å²) < 4.78 is 2.15. The lowest BCUT2D eigenvalue weighted by atomic mass is 10.3. The molecule has 2 aromatic rings. The summed E-state index contributed by atoms with van der Waals surface area (Å²) in [7, 11) is 0. The highest BCUT2D eigenvalue weighted by molar-refractivity contribution is 7.99. The van der Waals surface area contributed by atoms with Gasteiger partial charge in [-0.05, 0) is 32.4 Å². The predicted molar refractivity (Wildman–Crippen MR) is 84.0 cm³/mol. The Balaban J connectivity index is 2.08. The second-order valence-corrected chi connectivity index (χ2v) is 5.74. The van der Waals surface area contributed by atoms with Gasteiger partial charge in [0.05, 0.1) is 16.8 Å². The van der Waals surface area contributed by atoms with Crippen LogP contribution in [0.1, 0.15) is 27.2 Å². The molecule has 20 heavy (non-hydrogen) atoms. The summed E-state index contributed by atoms with van der Waals surface area (Å²) >= 11 is 1.50. The number of para-hydroxylation sites is 2. The lowest BCUT2D eigenvalue weighted by Gasteiger charge is -2.11. The van der Waals surface area contributed by atoms with Gasteiger partial charge >= 0.3 is 0 Å². The fraction of sp³-hybridized carbons (Fsp3) is 0.467. The molecule has 1 amide bonds. The van der Waals surface area contributed by atoms with Crippen molar-refractivity contribution < 1.29 is 4.79 Å². The number of aromatic nitrogens is 2. The Hall–Kier alpha value is -1.49. The van der Waals surface area contributed by atoms with Gasteiger partial charge in [-0.25, -0.2) is 4.98 Å². The highest BCUT2D eigenvalue weighted by Crippen LogP contribution is 2.23. The Bertz CT molecular complexity index is 594.